The molecule has 2 aromatic rings. The molecule has 3 rings (SSSR count). The minimum atomic E-state index is -0.111. The van der Waals surface area contributed by atoms with Gasteiger partial charge < -0.3 is 4.74 Å². The van der Waals surface area contributed by atoms with Gasteiger partial charge in [-0.25, -0.2) is 4.98 Å². The summed E-state index contributed by atoms with van der Waals surface area (Å²) in [4.78, 5) is 6.12. The van der Waals surface area contributed by atoms with Crippen LogP contribution in [0.2, 0.25) is 0 Å². The zero-order valence-electron chi connectivity index (χ0n) is 11.1. The molecule has 0 saturated heterocycles. The molecule has 4 heteroatoms. The van der Waals surface area contributed by atoms with Crippen molar-refractivity contribution >= 4 is 27.3 Å². The maximum Gasteiger partial charge on any atom is 0.126 e. The first-order valence-corrected chi connectivity index (χ1v) is 8.04. The van der Waals surface area contributed by atoms with Crippen LogP contribution in [0.1, 0.15) is 29.1 Å². The standard InChI is InChI=1S/C15H16BrNOS/c1-10-13(11-5-3-6-12(16)9-11)17-14(19-10)15(18-2)7-4-8-15/h3,5-6,9H,4,7-8H2,1-2H3. The average molecular weight is 338 g/mol. The third-order valence-electron chi connectivity index (χ3n) is 3.84. The number of aromatic nitrogens is 1. The Morgan fingerprint density at radius 2 is 2.16 bits per heavy atom. The maximum atomic E-state index is 5.73. The number of methoxy groups -OCH3 is 1. The van der Waals surface area contributed by atoms with Crippen molar-refractivity contribution in [1.29, 1.82) is 0 Å². The highest BCUT2D eigenvalue weighted by molar-refractivity contribution is 9.10. The molecule has 1 aliphatic rings. The van der Waals surface area contributed by atoms with E-state index in [1.54, 1.807) is 18.4 Å². The van der Waals surface area contributed by atoms with Crippen LogP contribution in [0.5, 0.6) is 0 Å². The van der Waals surface area contributed by atoms with E-state index < -0.39 is 0 Å². The van der Waals surface area contributed by atoms with E-state index in [4.69, 9.17) is 9.72 Å². The zero-order chi connectivity index (χ0) is 13.5. The summed E-state index contributed by atoms with van der Waals surface area (Å²) in [6.07, 6.45) is 3.42. The van der Waals surface area contributed by atoms with Crippen molar-refractivity contribution in [2.45, 2.75) is 31.8 Å². The smallest absolute Gasteiger partial charge is 0.126 e. The van der Waals surface area contributed by atoms with Gasteiger partial charge in [-0.15, -0.1) is 11.3 Å². The molecule has 0 atom stereocenters. The molecule has 19 heavy (non-hydrogen) atoms. The van der Waals surface area contributed by atoms with Crippen LogP contribution >= 0.6 is 27.3 Å². The Labute approximate surface area is 126 Å². The summed E-state index contributed by atoms with van der Waals surface area (Å²) in [5.74, 6) is 0. The summed E-state index contributed by atoms with van der Waals surface area (Å²) in [5.41, 5.74) is 2.14. The predicted molar refractivity (Wildman–Crippen MR) is 82.5 cm³/mol. The number of aryl methyl sites for hydroxylation is 1. The number of thiazole rings is 1. The fraction of sp³-hybridized carbons (Fsp3) is 0.400. The highest BCUT2D eigenvalue weighted by Crippen LogP contribution is 2.47. The van der Waals surface area contributed by atoms with E-state index in [0.29, 0.717) is 0 Å². The average Bonchev–Trinajstić information content (AvgIpc) is 2.71. The van der Waals surface area contributed by atoms with Crippen molar-refractivity contribution in [2.75, 3.05) is 7.11 Å². The Kier molecular flexibility index (Phi) is 3.50. The highest BCUT2D eigenvalue weighted by Gasteiger charge is 2.42. The summed E-state index contributed by atoms with van der Waals surface area (Å²) in [5, 5.41) is 1.13. The Morgan fingerprint density at radius 3 is 2.74 bits per heavy atom. The Hall–Kier alpha value is -0.710. The predicted octanol–water partition coefficient (Wildman–Crippen LogP) is 4.91. The SMILES string of the molecule is COC1(c2nc(-c3cccc(Br)c3)c(C)s2)CCC1. The number of nitrogens with zero attached hydrogens (tertiary/aromatic N) is 1. The molecule has 1 aromatic carbocycles. The molecule has 1 saturated carbocycles. The van der Waals surface area contributed by atoms with Gasteiger partial charge in [-0.1, -0.05) is 28.1 Å². The number of ether oxygens (including phenoxy) is 1. The van der Waals surface area contributed by atoms with Crippen LogP contribution in [0.3, 0.4) is 0 Å². The highest BCUT2D eigenvalue weighted by atomic mass is 79.9. The molecule has 0 radical (unpaired) electrons. The lowest BCUT2D eigenvalue weighted by Crippen LogP contribution is -2.35. The van der Waals surface area contributed by atoms with Gasteiger partial charge in [0.2, 0.25) is 0 Å². The van der Waals surface area contributed by atoms with Crippen LogP contribution in [0.25, 0.3) is 11.3 Å². The van der Waals surface area contributed by atoms with E-state index in [1.165, 1.54) is 16.9 Å². The van der Waals surface area contributed by atoms with Crippen LogP contribution in [0.15, 0.2) is 28.7 Å². The number of benzene rings is 1. The minimum absolute atomic E-state index is 0.111. The van der Waals surface area contributed by atoms with Crippen LogP contribution in [-0.4, -0.2) is 12.1 Å². The molecule has 1 aliphatic carbocycles. The largest absolute Gasteiger partial charge is 0.371 e. The monoisotopic (exact) mass is 337 g/mol. The van der Waals surface area contributed by atoms with Gasteiger partial charge in [0.25, 0.3) is 0 Å². The first-order chi connectivity index (χ1) is 9.14. The summed E-state index contributed by atoms with van der Waals surface area (Å²) in [6, 6.07) is 8.31. The second-order valence-corrected chi connectivity index (χ2v) is 7.10. The van der Waals surface area contributed by atoms with Crippen LogP contribution in [-0.2, 0) is 10.3 Å². The molecule has 0 unspecified atom stereocenters. The van der Waals surface area contributed by atoms with Gasteiger partial charge in [-0.05, 0) is 38.3 Å². The Balaban J connectivity index is 2.02. The van der Waals surface area contributed by atoms with Crippen molar-refractivity contribution < 1.29 is 4.74 Å². The summed E-state index contributed by atoms with van der Waals surface area (Å²) in [6.45, 7) is 2.14. The molecule has 0 aliphatic heterocycles. The van der Waals surface area contributed by atoms with Gasteiger partial charge in [0.05, 0.1) is 5.69 Å². The third kappa shape index (κ3) is 2.26. The van der Waals surface area contributed by atoms with Crippen molar-refractivity contribution in [1.82, 2.24) is 4.98 Å². The first kappa shape index (κ1) is 13.3. The molecule has 1 aromatic heterocycles. The second-order valence-electron chi connectivity index (χ2n) is 4.99. The first-order valence-electron chi connectivity index (χ1n) is 6.44. The normalized spacial score (nSPS) is 17.2. The molecular weight excluding hydrogens is 322 g/mol. The fourth-order valence-corrected chi connectivity index (χ4v) is 4.06. The van der Waals surface area contributed by atoms with Gasteiger partial charge in [-0.3, -0.25) is 0 Å². The van der Waals surface area contributed by atoms with E-state index in [9.17, 15) is 0 Å². The van der Waals surface area contributed by atoms with Gasteiger partial charge in [-0.2, -0.15) is 0 Å². The topological polar surface area (TPSA) is 22.1 Å². The van der Waals surface area contributed by atoms with E-state index >= 15 is 0 Å². The molecule has 100 valence electrons. The van der Waals surface area contributed by atoms with Crippen molar-refractivity contribution in [2.24, 2.45) is 0 Å². The second kappa shape index (κ2) is 5.00. The maximum absolute atomic E-state index is 5.73. The van der Waals surface area contributed by atoms with Crippen molar-refractivity contribution in [3.05, 3.63) is 38.6 Å². The van der Waals surface area contributed by atoms with Gasteiger partial charge in [0.15, 0.2) is 0 Å². The van der Waals surface area contributed by atoms with E-state index in [0.717, 1.165) is 28.0 Å². The van der Waals surface area contributed by atoms with Gasteiger partial charge in [0, 0.05) is 22.0 Å². The number of rotatable bonds is 3. The third-order valence-corrected chi connectivity index (χ3v) is 5.49. The van der Waals surface area contributed by atoms with E-state index in [2.05, 4.69) is 35.0 Å². The lowest BCUT2D eigenvalue weighted by atomic mass is 9.80. The number of hydrogen-bond donors (Lipinski definition) is 0. The van der Waals surface area contributed by atoms with Crippen molar-refractivity contribution in [3.8, 4) is 11.3 Å². The summed E-state index contributed by atoms with van der Waals surface area (Å²) < 4.78 is 6.81. The Bertz CT molecular complexity index is 598. The van der Waals surface area contributed by atoms with Crippen LogP contribution in [0, 0.1) is 6.92 Å². The molecule has 0 amide bonds. The molecule has 1 fully saturated rings. The quantitative estimate of drug-likeness (QED) is 0.794. The van der Waals surface area contributed by atoms with Gasteiger partial charge in [0.1, 0.15) is 10.6 Å². The summed E-state index contributed by atoms with van der Waals surface area (Å²) in [7, 11) is 1.80. The molecule has 2 nitrogen and oxygen atoms in total. The van der Waals surface area contributed by atoms with Crippen LogP contribution in [0.4, 0.5) is 0 Å². The van der Waals surface area contributed by atoms with Crippen LogP contribution < -0.4 is 0 Å². The van der Waals surface area contributed by atoms with Crippen molar-refractivity contribution in [3.63, 3.8) is 0 Å². The molecular formula is C15H16BrNOS. The van der Waals surface area contributed by atoms with E-state index in [1.807, 2.05) is 12.1 Å². The molecule has 0 bridgehead atoms. The molecule has 0 spiro atoms. The fourth-order valence-electron chi connectivity index (χ4n) is 2.50. The molecule has 1 heterocycles. The zero-order valence-corrected chi connectivity index (χ0v) is 13.5. The minimum Gasteiger partial charge on any atom is -0.371 e. The van der Waals surface area contributed by atoms with E-state index in [-0.39, 0.29) is 5.60 Å². The number of halogens is 1. The molecule has 0 N–H and O–H groups in total. The Morgan fingerprint density at radius 1 is 1.37 bits per heavy atom. The number of hydrogen-bond acceptors (Lipinski definition) is 3. The lowest BCUT2D eigenvalue weighted by molar-refractivity contribution is -0.0778. The van der Waals surface area contributed by atoms with Gasteiger partial charge >= 0.3 is 0 Å². The lowest BCUT2D eigenvalue weighted by Gasteiger charge is -2.38. The summed E-state index contributed by atoms with van der Waals surface area (Å²) >= 11 is 5.29.